The maximum atomic E-state index is 5.21. The maximum Gasteiger partial charge on any atom is 0.0972 e. The van der Waals surface area contributed by atoms with Gasteiger partial charge >= 0.3 is 0 Å². The molecule has 4 heteroatoms. The van der Waals surface area contributed by atoms with Crippen LogP contribution in [-0.2, 0) is 0 Å². The number of rotatable bonds is 3. The fourth-order valence-electron chi connectivity index (χ4n) is 7.32. The molecule has 0 spiro atoms. The predicted molar refractivity (Wildman–Crippen MR) is 195 cm³/mol. The molecule has 10 rings (SSSR count). The molecular formula is C43H26N4. The number of hydrogen-bond acceptors (Lipinski definition) is 3. The highest BCUT2D eigenvalue weighted by Gasteiger charge is 2.18. The summed E-state index contributed by atoms with van der Waals surface area (Å²) in [5.41, 5.74) is 10.5. The molecule has 0 aliphatic heterocycles. The fourth-order valence-corrected chi connectivity index (χ4v) is 7.32. The zero-order chi connectivity index (χ0) is 30.9. The van der Waals surface area contributed by atoms with E-state index in [0.29, 0.717) is 0 Å². The topological polar surface area (TPSA) is 43.1 Å². The van der Waals surface area contributed by atoms with E-state index in [0.717, 1.165) is 55.2 Å². The Kier molecular flexibility index (Phi) is 5.54. The molecule has 4 aromatic heterocycles. The minimum absolute atomic E-state index is 0.864. The van der Waals surface area contributed by atoms with Crippen LogP contribution in [0.5, 0.6) is 0 Å². The Balaban J connectivity index is 1.20. The van der Waals surface area contributed by atoms with Gasteiger partial charge in [0.15, 0.2) is 0 Å². The van der Waals surface area contributed by atoms with E-state index in [2.05, 4.69) is 151 Å². The van der Waals surface area contributed by atoms with Gasteiger partial charge in [0.1, 0.15) is 0 Å². The van der Waals surface area contributed by atoms with Crippen molar-refractivity contribution in [3.05, 3.63) is 158 Å². The summed E-state index contributed by atoms with van der Waals surface area (Å²) in [6.45, 7) is 0. The van der Waals surface area contributed by atoms with Crippen molar-refractivity contribution < 1.29 is 0 Å². The average molecular weight is 599 g/mol. The summed E-state index contributed by atoms with van der Waals surface area (Å²) < 4.78 is 2.04. The number of benzene rings is 6. The quantitative estimate of drug-likeness (QED) is 0.150. The molecule has 10 aromatic rings. The first-order valence-corrected chi connectivity index (χ1v) is 15.9. The third-order valence-electron chi connectivity index (χ3n) is 9.42. The van der Waals surface area contributed by atoms with Crippen molar-refractivity contribution in [3.8, 4) is 33.6 Å². The van der Waals surface area contributed by atoms with Gasteiger partial charge in [-0.3, -0.25) is 4.98 Å². The van der Waals surface area contributed by atoms with E-state index < -0.39 is 0 Å². The smallest absolute Gasteiger partial charge is 0.0972 e. The van der Waals surface area contributed by atoms with Gasteiger partial charge < -0.3 is 0 Å². The second-order valence-corrected chi connectivity index (χ2v) is 12.1. The number of nitrogens with zero attached hydrogens (tertiary/aromatic N) is 4. The van der Waals surface area contributed by atoms with Crippen LogP contribution in [0.15, 0.2) is 158 Å². The Labute approximate surface area is 270 Å². The molecule has 47 heavy (non-hydrogen) atoms. The number of hydrogen-bond donors (Lipinski definition) is 0. The number of aromatic nitrogens is 4. The van der Waals surface area contributed by atoms with E-state index in [-0.39, 0.29) is 0 Å². The van der Waals surface area contributed by atoms with Crippen molar-refractivity contribution in [2.45, 2.75) is 0 Å². The third-order valence-corrected chi connectivity index (χ3v) is 9.42. The van der Waals surface area contributed by atoms with E-state index in [4.69, 9.17) is 10.1 Å². The van der Waals surface area contributed by atoms with Gasteiger partial charge in [0.25, 0.3) is 0 Å². The highest BCUT2D eigenvalue weighted by atomic mass is 15.2. The minimum Gasteiger partial charge on any atom is -0.254 e. The molecule has 4 heterocycles. The summed E-state index contributed by atoms with van der Waals surface area (Å²) in [5.74, 6) is 0. The van der Waals surface area contributed by atoms with Crippen molar-refractivity contribution in [2.24, 2.45) is 0 Å². The van der Waals surface area contributed by atoms with Gasteiger partial charge in [0.2, 0.25) is 0 Å². The molecule has 0 fully saturated rings. The molecule has 4 nitrogen and oxygen atoms in total. The second kappa shape index (κ2) is 10.1. The highest BCUT2D eigenvalue weighted by molar-refractivity contribution is 6.21. The van der Waals surface area contributed by atoms with Crippen LogP contribution < -0.4 is 0 Å². The molecule has 0 N–H and O–H groups in total. The Morgan fingerprint density at radius 3 is 1.85 bits per heavy atom. The summed E-state index contributed by atoms with van der Waals surface area (Å²) >= 11 is 0. The summed E-state index contributed by atoms with van der Waals surface area (Å²) in [4.78, 5) is 9.80. The molecule has 6 aromatic carbocycles. The van der Waals surface area contributed by atoms with Crippen LogP contribution in [0.25, 0.3) is 93.4 Å². The van der Waals surface area contributed by atoms with E-state index in [1.807, 2.05) is 16.8 Å². The van der Waals surface area contributed by atoms with E-state index in [1.54, 1.807) is 0 Å². The molecular weight excluding hydrogens is 573 g/mol. The van der Waals surface area contributed by atoms with Gasteiger partial charge in [-0.05, 0) is 80.2 Å². The molecule has 0 radical (unpaired) electrons. The fraction of sp³-hybridized carbons (Fsp3) is 0. The molecule has 0 unspecified atom stereocenters. The number of fused-ring (bicyclic) bond motifs is 8. The second-order valence-electron chi connectivity index (χ2n) is 12.1. The van der Waals surface area contributed by atoms with E-state index in [9.17, 15) is 0 Å². The lowest BCUT2D eigenvalue weighted by Gasteiger charge is -2.17. The van der Waals surface area contributed by atoms with Crippen LogP contribution in [0.1, 0.15) is 0 Å². The zero-order valence-electron chi connectivity index (χ0n) is 25.3. The van der Waals surface area contributed by atoms with Gasteiger partial charge in [-0.15, -0.1) is 0 Å². The molecule has 0 amide bonds. The summed E-state index contributed by atoms with van der Waals surface area (Å²) in [6.07, 6.45) is 1.83. The molecule has 0 atom stereocenters. The summed E-state index contributed by atoms with van der Waals surface area (Å²) in [5, 5.41) is 13.4. The Bertz CT molecular complexity index is 2790. The SMILES string of the molecule is c1ccc(-c2c3ccccc3c(-c3ccc4c(c3)nn3c(-c5ccc6ccc7cccnc7c6n5)cccc43)c3ccccc23)cc1. The largest absolute Gasteiger partial charge is 0.254 e. The van der Waals surface area contributed by atoms with E-state index in [1.165, 1.54) is 38.2 Å². The van der Waals surface area contributed by atoms with Crippen molar-refractivity contribution in [1.82, 2.24) is 19.6 Å². The van der Waals surface area contributed by atoms with Gasteiger partial charge in [-0.2, -0.15) is 5.10 Å². The standard InChI is InChI=1S/C43H26N4/c1-2-10-27(11-3-1)40-31-13-4-6-15-33(31)41(34-16-7-5-14-32(34)40)30-21-23-35-37(26-30)46-47-38(35)17-8-18-39(47)36-24-22-29-20-19-28-12-9-25-44-42(28)43(29)45-36/h1-26H. The van der Waals surface area contributed by atoms with Gasteiger partial charge in [-0.25, -0.2) is 9.50 Å². The Morgan fingerprint density at radius 1 is 0.447 bits per heavy atom. The Morgan fingerprint density at radius 2 is 1.11 bits per heavy atom. The van der Waals surface area contributed by atoms with Crippen molar-refractivity contribution in [2.75, 3.05) is 0 Å². The first-order valence-electron chi connectivity index (χ1n) is 15.9. The van der Waals surface area contributed by atoms with Crippen molar-refractivity contribution >= 4 is 59.8 Å². The maximum absolute atomic E-state index is 5.21. The molecule has 0 bridgehead atoms. The van der Waals surface area contributed by atoms with Crippen LogP contribution in [0, 0.1) is 0 Å². The lowest BCUT2D eigenvalue weighted by atomic mass is 9.86. The molecule has 218 valence electrons. The monoisotopic (exact) mass is 598 g/mol. The normalized spacial score (nSPS) is 11.8. The Hall–Kier alpha value is -6.39. The first kappa shape index (κ1) is 25.9. The lowest BCUT2D eigenvalue weighted by Crippen LogP contribution is -1.96. The van der Waals surface area contributed by atoms with Gasteiger partial charge in [-0.1, -0.05) is 115 Å². The predicted octanol–water partition coefficient (Wildman–Crippen LogP) is 10.9. The number of pyridine rings is 3. The van der Waals surface area contributed by atoms with Crippen LogP contribution >= 0.6 is 0 Å². The first-order chi connectivity index (χ1) is 23.3. The molecule has 0 saturated heterocycles. The van der Waals surface area contributed by atoms with Crippen molar-refractivity contribution in [1.29, 1.82) is 0 Å². The minimum atomic E-state index is 0.864. The van der Waals surface area contributed by atoms with Crippen LogP contribution in [0.4, 0.5) is 0 Å². The van der Waals surface area contributed by atoms with Crippen LogP contribution in [0.2, 0.25) is 0 Å². The summed E-state index contributed by atoms with van der Waals surface area (Å²) in [6, 6.07) is 53.8. The zero-order valence-corrected chi connectivity index (χ0v) is 25.3. The van der Waals surface area contributed by atoms with Gasteiger partial charge in [0, 0.05) is 22.4 Å². The lowest BCUT2D eigenvalue weighted by molar-refractivity contribution is 0.984. The van der Waals surface area contributed by atoms with E-state index >= 15 is 0 Å². The molecule has 0 aliphatic rings. The highest BCUT2D eigenvalue weighted by Crippen LogP contribution is 2.44. The summed E-state index contributed by atoms with van der Waals surface area (Å²) in [7, 11) is 0. The molecule has 0 aliphatic carbocycles. The average Bonchev–Trinajstić information content (AvgIpc) is 3.52. The van der Waals surface area contributed by atoms with Crippen LogP contribution in [-0.4, -0.2) is 19.6 Å². The molecule has 0 saturated carbocycles. The van der Waals surface area contributed by atoms with Crippen LogP contribution in [0.3, 0.4) is 0 Å². The van der Waals surface area contributed by atoms with Gasteiger partial charge in [0.05, 0.1) is 33.5 Å². The third kappa shape index (κ3) is 3.92. The van der Waals surface area contributed by atoms with Crippen molar-refractivity contribution in [3.63, 3.8) is 0 Å².